The molecule has 0 aliphatic carbocycles. The first-order valence-electron chi connectivity index (χ1n) is 9.80. The molecule has 1 aromatic carbocycles. The van der Waals surface area contributed by atoms with Crippen molar-refractivity contribution in [3.8, 4) is 0 Å². The van der Waals surface area contributed by atoms with Gasteiger partial charge in [-0.25, -0.2) is 0 Å². The van der Waals surface area contributed by atoms with Gasteiger partial charge in [0, 0.05) is 12.1 Å². The molecule has 3 nitrogen and oxygen atoms in total. The molecule has 156 valence electrons. The second-order valence-electron chi connectivity index (χ2n) is 7.70. The smallest absolute Gasteiger partial charge is 0.344 e. The van der Waals surface area contributed by atoms with Gasteiger partial charge in [-0.15, -0.1) is 0 Å². The van der Waals surface area contributed by atoms with Gasteiger partial charge in [0.15, 0.2) is 0 Å². The molecule has 2 aliphatic heterocycles. The zero-order valence-corrected chi connectivity index (χ0v) is 17.3. The number of hydrogen-bond donors (Lipinski definition) is 1. The average molecular weight is 443 g/mol. The first-order chi connectivity index (χ1) is 13.9. The highest BCUT2D eigenvalue weighted by atomic mass is 35.5. The summed E-state index contributed by atoms with van der Waals surface area (Å²) in [5.41, 5.74) is -0.145. The van der Waals surface area contributed by atoms with E-state index in [1.807, 2.05) is 16.8 Å². The Hall–Kier alpha value is -1.57. The number of thiophene rings is 1. The van der Waals surface area contributed by atoms with Crippen molar-refractivity contribution in [1.29, 1.82) is 0 Å². The van der Waals surface area contributed by atoms with E-state index in [2.05, 4.69) is 10.2 Å². The molecular weight excluding hydrogens is 421 g/mol. The van der Waals surface area contributed by atoms with E-state index in [1.165, 1.54) is 25.0 Å². The molecule has 3 atom stereocenters. The third kappa shape index (κ3) is 4.18. The Morgan fingerprint density at radius 3 is 2.76 bits per heavy atom. The van der Waals surface area contributed by atoms with E-state index in [9.17, 15) is 18.0 Å². The van der Waals surface area contributed by atoms with Gasteiger partial charge < -0.3 is 5.32 Å². The number of nitrogens with zero attached hydrogens (tertiary/aromatic N) is 1. The van der Waals surface area contributed by atoms with E-state index in [0.717, 1.165) is 37.4 Å². The summed E-state index contributed by atoms with van der Waals surface area (Å²) in [6, 6.07) is 5.83. The van der Waals surface area contributed by atoms with Gasteiger partial charge in [-0.3, -0.25) is 9.69 Å². The standard InChI is InChI=1S/C21H22ClF3N2OS/c22-18-15(5-3-6-16(18)21(23,24)25)20(28)26-19(13-9-11-29-12-13)17-8-7-14-4-1-2-10-27(14)17/h3,5-6,9,11-12,14,17,19H,1-2,4,7-8,10H2,(H,26,28)/t14-,17-,19?/m1/s1. The van der Waals surface area contributed by atoms with Crippen LogP contribution in [0.3, 0.4) is 0 Å². The minimum Gasteiger partial charge on any atom is -0.344 e. The zero-order chi connectivity index (χ0) is 20.6. The minimum absolute atomic E-state index is 0.142. The molecule has 2 aromatic rings. The number of amides is 1. The lowest BCUT2D eigenvalue weighted by Gasteiger charge is -2.38. The normalized spacial score (nSPS) is 23.6. The molecular formula is C21H22ClF3N2OS. The van der Waals surface area contributed by atoms with Gasteiger partial charge in [-0.2, -0.15) is 24.5 Å². The summed E-state index contributed by atoms with van der Waals surface area (Å²) in [5.74, 6) is -0.572. The van der Waals surface area contributed by atoms with Crippen molar-refractivity contribution >= 4 is 28.8 Å². The Morgan fingerprint density at radius 2 is 2.03 bits per heavy atom. The fraction of sp³-hybridized carbons (Fsp3) is 0.476. The molecule has 1 aromatic heterocycles. The van der Waals surface area contributed by atoms with Gasteiger partial charge in [-0.1, -0.05) is 24.1 Å². The van der Waals surface area contributed by atoms with Crippen molar-refractivity contribution in [2.45, 2.75) is 56.4 Å². The number of fused-ring (bicyclic) bond motifs is 1. The number of nitrogens with one attached hydrogen (secondary N) is 1. The molecule has 2 fully saturated rings. The second kappa shape index (κ2) is 8.28. The van der Waals surface area contributed by atoms with Crippen molar-refractivity contribution in [3.63, 3.8) is 0 Å². The van der Waals surface area contributed by atoms with E-state index in [-0.39, 0.29) is 17.6 Å². The lowest BCUT2D eigenvalue weighted by molar-refractivity contribution is -0.137. The quantitative estimate of drug-likeness (QED) is 0.638. The SMILES string of the molecule is O=C(NC(c1ccsc1)[C@H]1CC[C@H]2CCCCN21)c1cccc(C(F)(F)F)c1Cl. The number of hydrogen-bond acceptors (Lipinski definition) is 3. The first kappa shape index (κ1) is 20.7. The van der Waals surface area contributed by atoms with Crippen LogP contribution >= 0.6 is 22.9 Å². The fourth-order valence-corrected chi connectivity index (χ4v) is 5.67. The Kier molecular flexibility index (Phi) is 5.91. The van der Waals surface area contributed by atoms with Crippen LogP contribution in [0.2, 0.25) is 5.02 Å². The molecule has 29 heavy (non-hydrogen) atoms. The summed E-state index contributed by atoms with van der Waals surface area (Å²) >= 11 is 7.52. The number of piperidine rings is 1. The second-order valence-corrected chi connectivity index (χ2v) is 8.86. The van der Waals surface area contributed by atoms with Gasteiger partial charge in [0.1, 0.15) is 0 Å². The molecule has 4 rings (SSSR count). The summed E-state index contributed by atoms with van der Waals surface area (Å²) in [7, 11) is 0. The number of carbonyl (C=O) groups excluding carboxylic acids is 1. The average Bonchev–Trinajstić information content (AvgIpc) is 3.35. The summed E-state index contributed by atoms with van der Waals surface area (Å²) in [6.45, 7) is 0.996. The Morgan fingerprint density at radius 1 is 1.21 bits per heavy atom. The van der Waals surface area contributed by atoms with Crippen LogP contribution in [-0.2, 0) is 6.18 Å². The van der Waals surface area contributed by atoms with E-state index < -0.39 is 22.7 Å². The minimum atomic E-state index is -4.60. The molecule has 0 spiro atoms. The predicted octanol–water partition coefficient (Wildman–Crippen LogP) is 5.91. The van der Waals surface area contributed by atoms with E-state index in [0.29, 0.717) is 6.04 Å². The maximum atomic E-state index is 13.2. The third-order valence-corrected chi connectivity index (χ3v) is 7.13. The van der Waals surface area contributed by atoms with Gasteiger partial charge in [-0.05, 0) is 66.8 Å². The van der Waals surface area contributed by atoms with Crippen LogP contribution in [0.4, 0.5) is 13.2 Å². The fourth-order valence-electron chi connectivity index (χ4n) is 4.66. The summed E-state index contributed by atoms with van der Waals surface area (Å²) in [6.07, 6.45) is 0.972. The highest BCUT2D eigenvalue weighted by molar-refractivity contribution is 7.08. The van der Waals surface area contributed by atoms with Crippen LogP contribution in [-0.4, -0.2) is 29.4 Å². The van der Waals surface area contributed by atoms with Crippen molar-refractivity contribution in [3.05, 3.63) is 56.7 Å². The topological polar surface area (TPSA) is 32.3 Å². The largest absolute Gasteiger partial charge is 0.417 e. The highest BCUT2D eigenvalue weighted by Crippen LogP contribution is 2.39. The lowest BCUT2D eigenvalue weighted by Crippen LogP contribution is -2.47. The highest BCUT2D eigenvalue weighted by Gasteiger charge is 2.41. The van der Waals surface area contributed by atoms with Crippen LogP contribution < -0.4 is 5.32 Å². The maximum Gasteiger partial charge on any atom is 0.417 e. The van der Waals surface area contributed by atoms with Crippen molar-refractivity contribution < 1.29 is 18.0 Å². The molecule has 2 saturated heterocycles. The molecule has 1 N–H and O–H groups in total. The zero-order valence-electron chi connectivity index (χ0n) is 15.7. The molecule has 8 heteroatoms. The molecule has 0 bridgehead atoms. The van der Waals surface area contributed by atoms with E-state index >= 15 is 0 Å². The monoisotopic (exact) mass is 442 g/mol. The van der Waals surface area contributed by atoms with Crippen LogP contribution in [0.25, 0.3) is 0 Å². The summed E-state index contributed by atoms with van der Waals surface area (Å²) in [4.78, 5) is 15.5. The van der Waals surface area contributed by atoms with Crippen LogP contribution in [0, 0.1) is 0 Å². The van der Waals surface area contributed by atoms with Gasteiger partial charge >= 0.3 is 6.18 Å². The van der Waals surface area contributed by atoms with E-state index in [4.69, 9.17) is 11.6 Å². The van der Waals surface area contributed by atoms with Crippen molar-refractivity contribution in [2.75, 3.05) is 6.54 Å². The Bertz CT molecular complexity index is 871. The van der Waals surface area contributed by atoms with Gasteiger partial charge in [0.2, 0.25) is 0 Å². The number of rotatable bonds is 4. The summed E-state index contributed by atoms with van der Waals surface area (Å²) < 4.78 is 39.6. The molecule has 1 unspecified atom stereocenters. The number of alkyl halides is 3. The molecule has 2 aliphatic rings. The number of halogens is 4. The molecule has 0 radical (unpaired) electrons. The maximum absolute atomic E-state index is 13.2. The number of benzene rings is 1. The summed E-state index contributed by atoms with van der Waals surface area (Å²) in [5, 5.41) is 6.40. The van der Waals surface area contributed by atoms with E-state index in [1.54, 1.807) is 11.3 Å². The van der Waals surface area contributed by atoms with Crippen LogP contribution in [0.1, 0.15) is 59.6 Å². The Balaban J connectivity index is 1.62. The van der Waals surface area contributed by atoms with Crippen molar-refractivity contribution in [1.82, 2.24) is 10.2 Å². The van der Waals surface area contributed by atoms with Crippen LogP contribution in [0.5, 0.6) is 0 Å². The van der Waals surface area contributed by atoms with Crippen molar-refractivity contribution in [2.24, 2.45) is 0 Å². The third-order valence-electron chi connectivity index (χ3n) is 6.02. The Labute approximate surface area is 176 Å². The molecule has 3 heterocycles. The predicted molar refractivity (Wildman–Crippen MR) is 108 cm³/mol. The number of carbonyl (C=O) groups is 1. The first-order valence-corrected chi connectivity index (χ1v) is 11.1. The lowest BCUT2D eigenvalue weighted by atomic mass is 9.98. The van der Waals surface area contributed by atoms with Gasteiger partial charge in [0.25, 0.3) is 5.91 Å². The molecule has 0 saturated carbocycles. The van der Waals surface area contributed by atoms with Crippen LogP contribution in [0.15, 0.2) is 35.0 Å². The van der Waals surface area contributed by atoms with Gasteiger partial charge in [0.05, 0.1) is 22.2 Å². The molecule has 1 amide bonds.